The summed E-state index contributed by atoms with van der Waals surface area (Å²) in [7, 11) is 3.15. The Morgan fingerprint density at radius 1 is 1.07 bits per heavy atom. The van der Waals surface area contributed by atoms with E-state index >= 15 is 0 Å². The molecule has 0 saturated heterocycles. The predicted molar refractivity (Wildman–Crippen MR) is 118 cm³/mol. The number of thiazole rings is 1. The van der Waals surface area contributed by atoms with Crippen LogP contribution in [0, 0.1) is 0 Å². The van der Waals surface area contributed by atoms with Gasteiger partial charge in [-0.2, -0.15) is 0 Å². The van der Waals surface area contributed by atoms with E-state index in [0.29, 0.717) is 28.2 Å². The zero-order valence-electron chi connectivity index (χ0n) is 15.6. The van der Waals surface area contributed by atoms with Gasteiger partial charge in [-0.1, -0.05) is 34.1 Å². The van der Waals surface area contributed by atoms with Crippen molar-refractivity contribution in [3.05, 3.63) is 75.3 Å². The van der Waals surface area contributed by atoms with Gasteiger partial charge in [-0.05, 0) is 35.9 Å². The number of hydrogen-bond donors (Lipinski definition) is 0. The first-order valence-corrected chi connectivity index (χ1v) is 10.3. The third-order valence-corrected chi connectivity index (χ3v) is 5.57. The maximum Gasteiger partial charge on any atom is 0.284 e. The molecule has 6 nitrogen and oxygen atoms in total. The van der Waals surface area contributed by atoms with Gasteiger partial charge in [-0.3, -0.25) is 4.79 Å². The molecular formula is C21H16BrN3O3S. The number of halogens is 1. The Hall–Kier alpha value is -2.97. The fourth-order valence-corrected chi connectivity index (χ4v) is 3.82. The first-order valence-electron chi connectivity index (χ1n) is 8.63. The van der Waals surface area contributed by atoms with E-state index in [1.165, 1.54) is 11.3 Å². The number of methoxy groups -OCH3 is 2. The molecule has 1 aliphatic rings. The molecule has 1 amide bonds. The topological polar surface area (TPSA) is 64.0 Å². The number of aliphatic imine (C=N–C) groups is 1. The van der Waals surface area contributed by atoms with Crippen molar-refractivity contribution in [3.63, 3.8) is 0 Å². The summed E-state index contributed by atoms with van der Waals surface area (Å²) >= 11 is 4.82. The lowest BCUT2D eigenvalue weighted by molar-refractivity contribution is -0.113. The normalized spacial score (nSPS) is 15.0. The molecule has 2 aromatic carbocycles. The standard InChI is InChI=1S/C21H16BrN3O3S/c1-27-17-8-3-13(12-18(17)28-2)11-16-20(26)25(21-23-9-10-29-21)19(24-16)14-4-6-15(22)7-5-14/h3-12H,1-2H3. The molecule has 0 fully saturated rings. The van der Waals surface area contributed by atoms with Gasteiger partial charge in [0.15, 0.2) is 16.6 Å². The number of amidine groups is 1. The minimum absolute atomic E-state index is 0.229. The SMILES string of the molecule is COc1ccc(C=C2N=C(c3ccc(Br)cc3)N(c3nccs3)C2=O)cc1OC. The molecule has 0 N–H and O–H groups in total. The number of hydrogen-bond acceptors (Lipinski definition) is 6. The van der Waals surface area contributed by atoms with E-state index in [-0.39, 0.29) is 5.91 Å². The first kappa shape index (κ1) is 19.4. The summed E-state index contributed by atoms with van der Waals surface area (Å²) in [4.78, 5) is 23.7. The molecule has 3 aromatic rings. The van der Waals surface area contributed by atoms with Crippen LogP contribution in [-0.4, -0.2) is 30.9 Å². The van der Waals surface area contributed by atoms with Crippen LogP contribution in [0.1, 0.15) is 11.1 Å². The number of rotatable bonds is 5. The third-order valence-electron chi connectivity index (χ3n) is 4.28. The lowest BCUT2D eigenvalue weighted by atomic mass is 10.1. The van der Waals surface area contributed by atoms with E-state index in [4.69, 9.17) is 9.47 Å². The fourth-order valence-electron chi connectivity index (χ4n) is 2.91. The fraction of sp³-hybridized carbons (Fsp3) is 0.0952. The van der Waals surface area contributed by atoms with E-state index in [2.05, 4.69) is 25.9 Å². The van der Waals surface area contributed by atoms with E-state index in [1.807, 2.05) is 35.7 Å². The molecule has 29 heavy (non-hydrogen) atoms. The largest absolute Gasteiger partial charge is 0.493 e. The number of nitrogens with zero attached hydrogens (tertiary/aromatic N) is 3. The lowest BCUT2D eigenvalue weighted by Crippen LogP contribution is -2.32. The van der Waals surface area contributed by atoms with Gasteiger partial charge in [0.1, 0.15) is 11.5 Å². The molecule has 8 heteroatoms. The van der Waals surface area contributed by atoms with Crippen molar-refractivity contribution >= 4 is 50.2 Å². The van der Waals surface area contributed by atoms with Gasteiger partial charge in [0.2, 0.25) is 0 Å². The van der Waals surface area contributed by atoms with Gasteiger partial charge in [0.25, 0.3) is 5.91 Å². The zero-order chi connectivity index (χ0) is 20.4. The first-order chi connectivity index (χ1) is 14.1. The molecule has 0 spiro atoms. The predicted octanol–water partition coefficient (Wildman–Crippen LogP) is 4.76. The van der Waals surface area contributed by atoms with Crippen LogP contribution in [0.2, 0.25) is 0 Å². The van der Waals surface area contributed by atoms with Crippen LogP contribution in [0.4, 0.5) is 5.13 Å². The zero-order valence-corrected chi connectivity index (χ0v) is 18.0. The van der Waals surface area contributed by atoms with E-state index in [0.717, 1.165) is 15.6 Å². The van der Waals surface area contributed by atoms with Crippen LogP contribution in [0.15, 0.2) is 69.2 Å². The summed E-state index contributed by atoms with van der Waals surface area (Å²) < 4.78 is 11.6. The number of anilines is 1. The number of aromatic nitrogens is 1. The second-order valence-corrected chi connectivity index (χ2v) is 7.83. The Labute approximate surface area is 180 Å². The second-order valence-electron chi connectivity index (χ2n) is 6.04. The van der Waals surface area contributed by atoms with Crippen LogP contribution >= 0.6 is 27.3 Å². The summed E-state index contributed by atoms with van der Waals surface area (Å²) in [6.45, 7) is 0. The number of benzene rings is 2. The second kappa shape index (κ2) is 8.18. The molecular weight excluding hydrogens is 454 g/mol. The quantitative estimate of drug-likeness (QED) is 0.505. The number of amides is 1. The Morgan fingerprint density at radius 2 is 1.83 bits per heavy atom. The number of ether oxygens (including phenoxy) is 2. The molecule has 0 atom stereocenters. The maximum absolute atomic E-state index is 13.2. The summed E-state index contributed by atoms with van der Waals surface area (Å²) in [6, 6.07) is 13.1. The molecule has 146 valence electrons. The minimum Gasteiger partial charge on any atom is -0.493 e. The van der Waals surface area contributed by atoms with Crippen LogP contribution in [0.3, 0.4) is 0 Å². The monoisotopic (exact) mass is 469 g/mol. The average Bonchev–Trinajstić information content (AvgIpc) is 3.37. The Kier molecular flexibility index (Phi) is 5.46. The van der Waals surface area contributed by atoms with Gasteiger partial charge in [0, 0.05) is 21.6 Å². The lowest BCUT2D eigenvalue weighted by Gasteiger charge is -2.14. The highest BCUT2D eigenvalue weighted by Gasteiger charge is 2.34. The van der Waals surface area contributed by atoms with Gasteiger partial charge in [0.05, 0.1) is 14.2 Å². The van der Waals surface area contributed by atoms with Crippen LogP contribution in [0.5, 0.6) is 11.5 Å². The van der Waals surface area contributed by atoms with Crippen molar-refractivity contribution < 1.29 is 14.3 Å². The van der Waals surface area contributed by atoms with Crippen molar-refractivity contribution in [1.29, 1.82) is 0 Å². The van der Waals surface area contributed by atoms with Crippen LogP contribution < -0.4 is 14.4 Å². The maximum atomic E-state index is 13.2. The Balaban J connectivity index is 1.78. The van der Waals surface area contributed by atoms with Crippen molar-refractivity contribution in [3.8, 4) is 11.5 Å². The van der Waals surface area contributed by atoms with Crippen molar-refractivity contribution in [2.75, 3.05) is 19.1 Å². The summed E-state index contributed by atoms with van der Waals surface area (Å²) in [5.74, 6) is 1.52. The van der Waals surface area contributed by atoms with Crippen molar-refractivity contribution in [1.82, 2.24) is 4.98 Å². The highest BCUT2D eigenvalue weighted by atomic mass is 79.9. The molecule has 4 rings (SSSR count). The average molecular weight is 470 g/mol. The molecule has 0 aliphatic carbocycles. The van der Waals surface area contributed by atoms with Gasteiger partial charge >= 0.3 is 0 Å². The molecule has 0 bridgehead atoms. The summed E-state index contributed by atoms with van der Waals surface area (Å²) in [5.41, 5.74) is 1.93. The molecule has 0 unspecified atom stereocenters. The third kappa shape index (κ3) is 3.81. The van der Waals surface area contributed by atoms with Gasteiger partial charge < -0.3 is 9.47 Å². The van der Waals surface area contributed by atoms with E-state index in [1.54, 1.807) is 43.5 Å². The molecule has 0 radical (unpaired) electrons. The summed E-state index contributed by atoms with van der Waals surface area (Å²) in [6.07, 6.45) is 3.40. The number of carbonyl (C=O) groups is 1. The highest BCUT2D eigenvalue weighted by molar-refractivity contribution is 9.10. The highest BCUT2D eigenvalue weighted by Crippen LogP contribution is 2.32. The van der Waals surface area contributed by atoms with Crippen molar-refractivity contribution in [2.45, 2.75) is 0 Å². The smallest absolute Gasteiger partial charge is 0.284 e. The molecule has 1 aromatic heterocycles. The Morgan fingerprint density at radius 3 is 2.48 bits per heavy atom. The minimum atomic E-state index is -0.229. The van der Waals surface area contributed by atoms with Gasteiger partial charge in [-0.25, -0.2) is 14.9 Å². The van der Waals surface area contributed by atoms with Gasteiger partial charge in [-0.15, -0.1) is 11.3 Å². The number of carbonyl (C=O) groups excluding carboxylic acids is 1. The molecule has 0 saturated carbocycles. The van der Waals surface area contributed by atoms with E-state index in [9.17, 15) is 4.79 Å². The molecule has 1 aliphatic heterocycles. The Bertz CT molecular complexity index is 1110. The van der Waals surface area contributed by atoms with E-state index < -0.39 is 0 Å². The van der Waals surface area contributed by atoms with Crippen LogP contribution in [-0.2, 0) is 4.79 Å². The van der Waals surface area contributed by atoms with Crippen molar-refractivity contribution in [2.24, 2.45) is 4.99 Å². The molecule has 2 heterocycles. The summed E-state index contributed by atoms with van der Waals surface area (Å²) in [5, 5.41) is 2.41. The van der Waals surface area contributed by atoms with Crippen LogP contribution in [0.25, 0.3) is 6.08 Å².